The zero-order valence-corrected chi connectivity index (χ0v) is 12.2. The number of amides is 1. The highest BCUT2D eigenvalue weighted by molar-refractivity contribution is 7.17. The van der Waals surface area contributed by atoms with Crippen LogP contribution >= 0.6 is 11.3 Å². The molecule has 0 spiro atoms. The Morgan fingerprint density at radius 3 is 3.05 bits per heavy atom. The Balaban J connectivity index is 1.84. The normalized spacial score (nSPS) is 19.6. The SMILES string of the molecule is O=C(O)CC1C(=O)NCCN1Cc1csc2ccccc12. The van der Waals surface area contributed by atoms with Crippen LogP contribution in [0.4, 0.5) is 0 Å². The number of carboxylic acids is 1. The summed E-state index contributed by atoms with van der Waals surface area (Å²) in [6.45, 7) is 1.85. The average molecular weight is 304 g/mol. The maximum Gasteiger partial charge on any atom is 0.305 e. The molecule has 1 aromatic heterocycles. The van der Waals surface area contributed by atoms with Gasteiger partial charge in [0, 0.05) is 24.3 Å². The van der Waals surface area contributed by atoms with Crippen molar-refractivity contribution in [2.45, 2.75) is 19.0 Å². The predicted molar refractivity (Wildman–Crippen MR) is 81.3 cm³/mol. The first-order chi connectivity index (χ1) is 10.1. The van der Waals surface area contributed by atoms with Crippen molar-refractivity contribution in [3.8, 4) is 0 Å². The second kappa shape index (κ2) is 5.83. The van der Waals surface area contributed by atoms with Crippen molar-refractivity contribution in [2.24, 2.45) is 0 Å². The lowest BCUT2D eigenvalue weighted by atomic mass is 10.1. The van der Waals surface area contributed by atoms with Crippen LogP contribution in [0.25, 0.3) is 10.1 Å². The van der Waals surface area contributed by atoms with Crippen molar-refractivity contribution in [3.63, 3.8) is 0 Å². The molecule has 1 fully saturated rings. The predicted octanol–water partition coefficient (Wildman–Crippen LogP) is 1.68. The number of hydrogen-bond acceptors (Lipinski definition) is 4. The van der Waals surface area contributed by atoms with Crippen LogP contribution < -0.4 is 5.32 Å². The van der Waals surface area contributed by atoms with Crippen molar-refractivity contribution >= 4 is 33.3 Å². The first-order valence-corrected chi connectivity index (χ1v) is 7.72. The second-order valence-electron chi connectivity index (χ2n) is 5.13. The molecule has 1 aliphatic rings. The van der Waals surface area contributed by atoms with Crippen LogP contribution in [-0.4, -0.2) is 41.0 Å². The molecule has 1 aliphatic heterocycles. The summed E-state index contributed by atoms with van der Waals surface area (Å²) in [5.41, 5.74) is 1.15. The first-order valence-electron chi connectivity index (χ1n) is 6.84. The van der Waals surface area contributed by atoms with Gasteiger partial charge in [-0.3, -0.25) is 14.5 Å². The molecule has 110 valence electrons. The third-order valence-corrected chi connectivity index (χ3v) is 4.76. The van der Waals surface area contributed by atoms with Crippen LogP contribution in [0.3, 0.4) is 0 Å². The fourth-order valence-electron chi connectivity index (χ4n) is 2.71. The first kappa shape index (κ1) is 14.0. The molecule has 0 saturated carbocycles. The Labute approximate surface area is 126 Å². The zero-order chi connectivity index (χ0) is 14.8. The highest BCUT2D eigenvalue weighted by atomic mass is 32.1. The fourth-order valence-corrected chi connectivity index (χ4v) is 3.67. The van der Waals surface area contributed by atoms with Gasteiger partial charge in [0.25, 0.3) is 0 Å². The quantitative estimate of drug-likeness (QED) is 0.901. The molecule has 0 bridgehead atoms. The van der Waals surface area contributed by atoms with E-state index in [1.807, 2.05) is 17.0 Å². The number of nitrogens with one attached hydrogen (secondary N) is 1. The number of aliphatic carboxylic acids is 1. The molecule has 2 heterocycles. The van der Waals surface area contributed by atoms with Crippen molar-refractivity contribution in [3.05, 3.63) is 35.2 Å². The van der Waals surface area contributed by atoms with Crippen molar-refractivity contribution < 1.29 is 14.7 Å². The van der Waals surface area contributed by atoms with Crippen LogP contribution in [0, 0.1) is 0 Å². The van der Waals surface area contributed by atoms with E-state index >= 15 is 0 Å². The Morgan fingerprint density at radius 2 is 2.24 bits per heavy atom. The number of carboxylic acid groups (broad SMARTS) is 1. The van der Waals surface area contributed by atoms with Gasteiger partial charge in [0.05, 0.1) is 6.42 Å². The van der Waals surface area contributed by atoms with Gasteiger partial charge in [0.1, 0.15) is 6.04 Å². The summed E-state index contributed by atoms with van der Waals surface area (Å²) < 4.78 is 1.21. The van der Waals surface area contributed by atoms with E-state index in [0.29, 0.717) is 19.6 Å². The lowest BCUT2D eigenvalue weighted by molar-refractivity contribution is -0.143. The summed E-state index contributed by atoms with van der Waals surface area (Å²) in [4.78, 5) is 24.8. The van der Waals surface area contributed by atoms with Gasteiger partial charge in [-0.05, 0) is 22.4 Å². The number of rotatable bonds is 4. The van der Waals surface area contributed by atoms with E-state index in [2.05, 4.69) is 22.8 Å². The zero-order valence-electron chi connectivity index (χ0n) is 11.4. The minimum atomic E-state index is -0.947. The highest BCUT2D eigenvalue weighted by Gasteiger charge is 2.31. The molecule has 5 nitrogen and oxygen atoms in total. The minimum Gasteiger partial charge on any atom is -0.481 e. The van der Waals surface area contributed by atoms with E-state index in [0.717, 1.165) is 5.56 Å². The van der Waals surface area contributed by atoms with Gasteiger partial charge in [-0.2, -0.15) is 0 Å². The van der Waals surface area contributed by atoms with Gasteiger partial charge in [0.15, 0.2) is 0 Å². The van der Waals surface area contributed by atoms with Crippen LogP contribution in [0.1, 0.15) is 12.0 Å². The molecule has 21 heavy (non-hydrogen) atoms. The minimum absolute atomic E-state index is 0.159. The molecule has 0 aliphatic carbocycles. The van der Waals surface area contributed by atoms with E-state index in [9.17, 15) is 9.59 Å². The maximum absolute atomic E-state index is 11.9. The van der Waals surface area contributed by atoms with Crippen LogP contribution in [0.2, 0.25) is 0 Å². The molecule has 1 aromatic carbocycles. The van der Waals surface area contributed by atoms with Gasteiger partial charge in [0.2, 0.25) is 5.91 Å². The molecular weight excluding hydrogens is 288 g/mol. The molecule has 0 radical (unpaired) electrons. The summed E-state index contributed by atoms with van der Waals surface area (Å²) in [5.74, 6) is -1.14. The molecule has 2 aromatic rings. The van der Waals surface area contributed by atoms with Crippen LogP contribution in [0.15, 0.2) is 29.6 Å². The topological polar surface area (TPSA) is 69.6 Å². The lowest BCUT2D eigenvalue weighted by Crippen LogP contribution is -2.55. The summed E-state index contributed by atoms with van der Waals surface area (Å²) >= 11 is 1.67. The van der Waals surface area contributed by atoms with Crippen molar-refractivity contribution in [1.82, 2.24) is 10.2 Å². The average Bonchev–Trinajstić information content (AvgIpc) is 2.86. The van der Waals surface area contributed by atoms with Gasteiger partial charge in [-0.1, -0.05) is 18.2 Å². The second-order valence-corrected chi connectivity index (χ2v) is 6.04. The number of piperazine rings is 1. The number of fused-ring (bicyclic) bond motifs is 1. The van der Waals surface area contributed by atoms with Gasteiger partial charge >= 0.3 is 5.97 Å². The monoisotopic (exact) mass is 304 g/mol. The summed E-state index contributed by atoms with van der Waals surface area (Å²) in [6.07, 6.45) is -0.159. The molecule has 1 saturated heterocycles. The number of thiophene rings is 1. The summed E-state index contributed by atoms with van der Waals surface area (Å²) in [6, 6.07) is 7.55. The molecular formula is C15H16N2O3S. The van der Waals surface area contributed by atoms with Crippen LogP contribution in [0.5, 0.6) is 0 Å². The van der Waals surface area contributed by atoms with E-state index in [-0.39, 0.29) is 12.3 Å². The lowest BCUT2D eigenvalue weighted by Gasteiger charge is -2.34. The van der Waals surface area contributed by atoms with E-state index < -0.39 is 12.0 Å². The van der Waals surface area contributed by atoms with Crippen molar-refractivity contribution in [1.29, 1.82) is 0 Å². The number of hydrogen-bond donors (Lipinski definition) is 2. The molecule has 1 amide bonds. The molecule has 1 atom stereocenters. The summed E-state index contributed by atoms with van der Waals surface area (Å²) in [7, 11) is 0. The van der Waals surface area contributed by atoms with Gasteiger partial charge < -0.3 is 10.4 Å². The molecule has 3 rings (SSSR count). The molecule has 2 N–H and O–H groups in total. The van der Waals surface area contributed by atoms with Crippen molar-refractivity contribution in [2.75, 3.05) is 13.1 Å². The number of carbonyl (C=O) groups excluding carboxylic acids is 1. The Hall–Kier alpha value is -1.92. The number of nitrogens with zero attached hydrogens (tertiary/aromatic N) is 1. The smallest absolute Gasteiger partial charge is 0.305 e. The Morgan fingerprint density at radius 1 is 1.43 bits per heavy atom. The Bertz CT molecular complexity index is 682. The molecule has 1 unspecified atom stereocenters. The largest absolute Gasteiger partial charge is 0.481 e. The summed E-state index contributed by atoms with van der Waals surface area (Å²) in [5, 5.41) is 15.0. The maximum atomic E-state index is 11.9. The fraction of sp³-hybridized carbons (Fsp3) is 0.333. The van der Waals surface area contributed by atoms with E-state index in [1.165, 1.54) is 10.1 Å². The van der Waals surface area contributed by atoms with E-state index in [1.54, 1.807) is 11.3 Å². The Kier molecular flexibility index (Phi) is 3.90. The van der Waals surface area contributed by atoms with Gasteiger partial charge in [-0.25, -0.2) is 0 Å². The van der Waals surface area contributed by atoms with E-state index in [4.69, 9.17) is 5.11 Å². The molecule has 6 heteroatoms. The highest BCUT2D eigenvalue weighted by Crippen LogP contribution is 2.27. The standard InChI is InChI=1S/C15H16N2O3S/c18-14(19)7-12-15(20)16-5-6-17(12)8-10-9-21-13-4-2-1-3-11(10)13/h1-4,9,12H,5-8H2,(H,16,20)(H,18,19). The van der Waals surface area contributed by atoms with Crippen LogP contribution in [-0.2, 0) is 16.1 Å². The van der Waals surface area contributed by atoms with Gasteiger partial charge in [-0.15, -0.1) is 11.3 Å². The number of benzene rings is 1. The number of carbonyl (C=O) groups is 2. The third-order valence-electron chi connectivity index (χ3n) is 3.74. The third kappa shape index (κ3) is 2.91.